The van der Waals surface area contributed by atoms with E-state index in [9.17, 15) is 9.59 Å². The molecular formula is C15H12BrClN2O3. The normalized spacial score (nSPS) is 10.1. The molecule has 1 amide bonds. The van der Waals surface area contributed by atoms with E-state index in [0.29, 0.717) is 5.69 Å². The fourth-order valence-corrected chi connectivity index (χ4v) is 2.07. The number of amides is 1. The van der Waals surface area contributed by atoms with Crippen LogP contribution in [0, 0.1) is 6.92 Å². The molecule has 0 saturated heterocycles. The first-order valence-corrected chi connectivity index (χ1v) is 7.47. The van der Waals surface area contributed by atoms with Gasteiger partial charge in [0.05, 0.1) is 5.56 Å². The molecule has 0 bridgehead atoms. The van der Waals surface area contributed by atoms with E-state index in [-0.39, 0.29) is 17.3 Å². The number of ether oxygens (including phenoxy) is 1. The molecule has 7 heteroatoms. The van der Waals surface area contributed by atoms with Gasteiger partial charge in [0.15, 0.2) is 6.61 Å². The minimum Gasteiger partial charge on any atom is -0.452 e. The van der Waals surface area contributed by atoms with E-state index in [1.807, 2.05) is 13.0 Å². The minimum absolute atomic E-state index is 0.232. The number of hydrogen-bond donors (Lipinski definition) is 1. The quantitative estimate of drug-likeness (QED) is 0.647. The summed E-state index contributed by atoms with van der Waals surface area (Å²) >= 11 is 9.01. The number of benzene rings is 1. The maximum atomic E-state index is 11.8. The van der Waals surface area contributed by atoms with Crippen molar-refractivity contribution in [3.8, 4) is 0 Å². The summed E-state index contributed by atoms with van der Waals surface area (Å²) < 4.78 is 5.79. The Balaban J connectivity index is 1.88. The van der Waals surface area contributed by atoms with Crippen LogP contribution in [0.25, 0.3) is 0 Å². The standard InChI is InChI=1S/C15H12BrClN2O3/c1-9-2-4-11(6-12(9)16)19-14(20)8-22-15(21)10-3-5-13(17)18-7-10/h2-7H,8H2,1H3,(H,19,20). The number of anilines is 1. The van der Waals surface area contributed by atoms with Gasteiger partial charge in [-0.15, -0.1) is 0 Å². The van der Waals surface area contributed by atoms with Crippen molar-refractivity contribution in [3.05, 3.63) is 57.3 Å². The van der Waals surface area contributed by atoms with Crippen LogP contribution in [0.2, 0.25) is 5.15 Å². The first-order chi connectivity index (χ1) is 10.5. The maximum Gasteiger partial charge on any atom is 0.340 e. The van der Waals surface area contributed by atoms with E-state index in [2.05, 4.69) is 26.2 Å². The van der Waals surface area contributed by atoms with E-state index in [0.717, 1.165) is 10.0 Å². The lowest BCUT2D eigenvalue weighted by atomic mass is 10.2. The highest BCUT2D eigenvalue weighted by Gasteiger charge is 2.11. The second kappa shape index (κ2) is 7.38. The molecule has 1 heterocycles. The number of carbonyl (C=O) groups is 2. The summed E-state index contributed by atoms with van der Waals surface area (Å²) in [4.78, 5) is 27.2. The number of carbonyl (C=O) groups excluding carboxylic acids is 2. The number of nitrogens with zero attached hydrogens (tertiary/aromatic N) is 1. The van der Waals surface area contributed by atoms with Crippen molar-refractivity contribution in [1.82, 2.24) is 4.98 Å². The summed E-state index contributed by atoms with van der Waals surface area (Å²) in [5.41, 5.74) is 1.90. The molecule has 1 N–H and O–H groups in total. The molecule has 1 aromatic carbocycles. The van der Waals surface area contributed by atoms with E-state index in [4.69, 9.17) is 16.3 Å². The molecule has 0 aliphatic heterocycles. The van der Waals surface area contributed by atoms with E-state index < -0.39 is 11.9 Å². The molecule has 1 aromatic heterocycles. The van der Waals surface area contributed by atoms with Crippen LogP contribution in [0.4, 0.5) is 5.69 Å². The largest absolute Gasteiger partial charge is 0.452 e. The van der Waals surface area contributed by atoms with Gasteiger partial charge in [0.2, 0.25) is 0 Å². The average Bonchev–Trinajstić information content (AvgIpc) is 2.49. The first kappa shape index (κ1) is 16.5. The van der Waals surface area contributed by atoms with Crippen LogP contribution < -0.4 is 5.32 Å². The van der Waals surface area contributed by atoms with Gasteiger partial charge in [-0.1, -0.05) is 33.6 Å². The predicted molar refractivity (Wildman–Crippen MR) is 87.0 cm³/mol. The van der Waals surface area contributed by atoms with Crippen LogP contribution in [0.1, 0.15) is 15.9 Å². The van der Waals surface area contributed by atoms with Crippen molar-refractivity contribution >= 4 is 45.1 Å². The molecule has 2 aromatic rings. The Hall–Kier alpha value is -1.92. The fourth-order valence-electron chi connectivity index (χ4n) is 1.58. The van der Waals surface area contributed by atoms with Crippen molar-refractivity contribution in [2.45, 2.75) is 6.92 Å². The maximum absolute atomic E-state index is 11.8. The molecule has 0 aliphatic carbocycles. The third-order valence-corrected chi connectivity index (χ3v) is 3.83. The molecule has 0 saturated carbocycles. The Morgan fingerprint density at radius 1 is 1.32 bits per heavy atom. The molecule has 0 fully saturated rings. The third kappa shape index (κ3) is 4.54. The van der Waals surface area contributed by atoms with Gasteiger partial charge >= 0.3 is 5.97 Å². The Morgan fingerprint density at radius 3 is 2.73 bits per heavy atom. The topological polar surface area (TPSA) is 68.3 Å². The van der Waals surface area contributed by atoms with Gasteiger partial charge in [-0.2, -0.15) is 0 Å². The van der Waals surface area contributed by atoms with Crippen molar-refractivity contribution in [3.63, 3.8) is 0 Å². The van der Waals surface area contributed by atoms with Gasteiger partial charge in [0.1, 0.15) is 5.15 Å². The monoisotopic (exact) mass is 382 g/mol. The smallest absolute Gasteiger partial charge is 0.340 e. The van der Waals surface area contributed by atoms with Crippen molar-refractivity contribution in [2.75, 3.05) is 11.9 Å². The lowest BCUT2D eigenvalue weighted by molar-refractivity contribution is -0.119. The zero-order chi connectivity index (χ0) is 16.1. The van der Waals surface area contributed by atoms with Gasteiger partial charge < -0.3 is 10.1 Å². The SMILES string of the molecule is Cc1ccc(NC(=O)COC(=O)c2ccc(Cl)nc2)cc1Br. The number of halogens is 2. The molecule has 114 valence electrons. The highest BCUT2D eigenvalue weighted by atomic mass is 79.9. The molecule has 0 aliphatic rings. The second-order valence-corrected chi connectivity index (χ2v) is 5.70. The van der Waals surface area contributed by atoms with Crippen LogP contribution >= 0.6 is 27.5 Å². The van der Waals surface area contributed by atoms with Crippen LogP contribution in [-0.4, -0.2) is 23.5 Å². The minimum atomic E-state index is -0.635. The molecule has 5 nitrogen and oxygen atoms in total. The van der Waals surface area contributed by atoms with Crippen molar-refractivity contribution in [2.24, 2.45) is 0 Å². The Labute approximate surface area is 140 Å². The molecule has 0 radical (unpaired) electrons. The van der Waals surface area contributed by atoms with Crippen molar-refractivity contribution in [1.29, 1.82) is 0 Å². The summed E-state index contributed by atoms with van der Waals surface area (Å²) in [7, 11) is 0. The van der Waals surface area contributed by atoms with Crippen LogP contribution in [0.3, 0.4) is 0 Å². The lowest BCUT2D eigenvalue weighted by Crippen LogP contribution is -2.21. The van der Waals surface area contributed by atoms with E-state index in [1.54, 1.807) is 12.1 Å². The molecular weight excluding hydrogens is 372 g/mol. The molecule has 22 heavy (non-hydrogen) atoms. The van der Waals surface area contributed by atoms with Crippen LogP contribution in [0.15, 0.2) is 41.0 Å². The fraction of sp³-hybridized carbons (Fsp3) is 0.133. The van der Waals surface area contributed by atoms with Gasteiger partial charge in [0, 0.05) is 16.4 Å². The highest BCUT2D eigenvalue weighted by Crippen LogP contribution is 2.20. The summed E-state index contributed by atoms with van der Waals surface area (Å²) in [6, 6.07) is 8.36. The number of pyridine rings is 1. The summed E-state index contributed by atoms with van der Waals surface area (Å²) in [6.07, 6.45) is 1.29. The summed E-state index contributed by atoms with van der Waals surface area (Å²) in [5.74, 6) is -1.06. The first-order valence-electron chi connectivity index (χ1n) is 6.30. The zero-order valence-corrected chi connectivity index (χ0v) is 13.9. The lowest BCUT2D eigenvalue weighted by Gasteiger charge is -2.08. The predicted octanol–water partition coefficient (Wildman–Crippen LogP) is 3.60. The number of esters is 1. The number of aromatic nitrogens is 1. The zero-order valence-electron chi connectivity index (χ0n) is 11.6. The van der Waals surface area contributed by atoms with Gasteiger partial charge in [-0.25, -0.2) is 9.78 Å². The van der Waals surface area contributed by atoms with E-state index >= 15 is 0 Å². The van der Waals surface area contributed by atoms with Crippen LogP contribution in [0.5, 0.6) is 0 Å². The second-order valence-electron chi connectivity index (χ2n) is 4.46. The Bertz CT molecular complexity index is 704. The van der Waals surface area contributed by atoms with Gasteiger partial charge in [-0.3, -0.25) is 4.79 Å². The highest BCUT2D eigenvalue weighted by molar-refractivity contribution is 9.10. The van der Waals surface area contributed by atoms with E-state index in [1.165, 1.54) is 18.3 Å². The van der Waals surface area contributed by atoms with Crippen molar-refractivity contribution < 1.29 is 14.3 Å². The Morgan fingerprint density at radius 2 is 2.09 bits per heavy atom. The number of hydrogen-bond acceptors (Lipinski definition) is 4. The third-order valence-electron chi connectivity index (χ3n) is 2.75. The molecule has 0 unspecified atom stereocenters. The molecule has 2 rings (SSSR count). The van der Waals surface area contributed by atoms with Crippen LogP contribution in [-0.2, 0) is 9.53 Å². The molecule has 0 spiro atoms. The summed E-state index contributed by atoms with van der Waals surface area (Å²) in [6.45, 7) is 1.56. The van der Waals surface area contributed by atoms with Gasteiger partial charge in [0.25, 0.3) is 5.91 Å². The number of nitrogens with one attached hydrogen (secondary N) is 1. The molecule has 0 atom stereocenters. The number of rotatable bonds is 4. The average molecular weight is 384 g/mol. The Kier molecular flexibility index (Phi) is 5.51. The summed E-state index contributed by atoms with van der Waals surface area (Å²) in [5, 5.41) is 2.92. The van der Waals surface area contributed by atoms with Gasteiger partial charge in [-0.05, 0) is 36.8 Å². The number of aryl methyl sites for hydroxylation is 1.